The highest BCUT2D eigenvalue weighted by Crippen LogP contribution is 2.31. The summed E-state index contributed by atoms with van der Waals surface area (Å²) in [6.07, 6.45) is -0.789. The topological polar surface area (TPSA) is 55.3 Å². The lowest BCUT2D eigenvalue weighted by Gasteiger charge is -2.20. The number of hydrogen-bond acceptors (Lipinski definition) is 5. The molecule has 0 radical (unpaired) electrons. The van der Waals surface area contributed by atoms with Crippen molar-refractivity contribution in [2.75, 3.05) is 18.0 Å². The van der Waals surface area contributed by atoms with Crippen molar-refractivity contribution in [3.05, 3.63) is 72.1 Å². The molecule has 1 unspecified atom stereocenters. The van der Waals surface area contributed by atoms with Crippen molar-refractivity contribution in [3.63, 3.8) is 0 Å². The molecule has 1 aliphatic rings. The average Bonchev–Trinajstić information content (AvgIpc) is 3.22. The molecule has 1 aliphatic heterocycles. The summed E-state index contributed by atoms with van der Waals surface area (Å²) in [5, 5.41) is 0. The SMILES string of the molecule is O=Cc1cc(-c2ccccc2)ncc1N1CCC(Oc2ccc(C(F)(F)F)cn2)C1. The van der Waals surface area contributed by atoms with E-state index in [9.17, 15) is 18.0 Å². The lowest BCUT2D eigenvalue weighted by Crippen LogP contribution is -2.25. The van der Waals surface area contributed by atoms with Crippen LogP contribution in [0.5, 0.6) is 5.88 Å². The van der Waals surface area contributed by atoms with Crippen LogP contribution >= 0.6 is 0 Å². The van der Waals surface area contributed by atoms with Gasteiger partial charge in [0, 0.05) is 36.4 Å². The van der Waals surface area contributed by atoms with Crippen molar-refractivity contribution in [2.45, 2.75) is 18.7 Å². The number of pyridine rings is 2. The van der Waals surface area contributed by atoms with Crippen molar-refractivity contribution < 1.29 is 22.7 Å². The number of hydrogen-bond donors (Lipinski definition) is 0. The van der Waals surface area contributed by atoms with Crippen LogP contribution in [0.2, 0.25) is 0 Å². The third kappa shape index (κ3) is 4.27. The van der Waals surface area contributed by atoms with Crippen LogP contribution in [0.25, 0.3) is 11.3 Å². The normalized spacial score (nSPS) is 16.5. The van der Waals surface area contributed by atoms with Gasteiger partial charge in [-0.3, -0.25) is 9.78 Å². The molecule has 3 heterocycles. The number of nitrogens with zero attached hydrogens (tertiary/aromatic N) is 3. The summed E-state index contributed by atoms with van der Waals surface area (Å²) in [6.45, 7) is 1.12. The van der Waals surface area contributed by atoms with Gasteiger partial charge in [-0.15, -0.1) is 0 Å². The first-order chi connectivity index (χ1) is 14.4. The minimum Gasteiger partial charge on any atom is -0.472 e. The third-order valence-corrected chi connectivity index (χ3v) is 4.95. The van der Waals surface area contributed by atoms with Gasteiger partial charge in [0.2, 0.25) is 5.88 Å². The smallest absolute Gasteiger partial charge is 0.417 e. The minimum atomic E-state index is -4.43. The molecule has 2 aromatic heterocycles. The second-order valence-corrected chi connectivity index (χ2v) is 6.97. The van der Waals surface area contributed by atoms with Crippen LogP contribution in [0.4, 0.5) is 18.9 Å². The van der Waals surface area contributed by atoms with Crippen LogP contribution in [-0.4, -0.2) is 35.4 Å². The molecule has 1 fully saturated rings. The summed E-state index contributed by atoms with van der Waals surface area (Å²) in [7, 11) is 0. The zero-order chi connectivity index (χ0) is 21.1. The number of carbonyl (C=O) groups excluding carboxylic acids is 1. The molecule has 0 N–H and O–H groups in total. The molecule has 0 amide bonds. The van der Waals surface area contributed by atoms with E-state index in [1.165, 1.54) is 6.07 Å². The molecular weight excluding hydrogens is 395 g/mol. The quantitative estimate of drug-likeness (QED) is 0.571. The molecule has 0 spiro atoms. The van der Waals surface area contributed by atoms with Gasteiger partial charge < -0.3 is 9.64 Å². The highest BCUT2D eigenvalue weighted by molar-refractivity contribution is 5.86. The van der Waals surface area contributed by atoms with E-state index in [0.29, 0.717) is 36.5 Å². The van der Waals surface area contributed by atoms with E-state index in [1.807, 2.05) is 35.2 Å². The zero-order valence-corrected chi connectivity index (χ0v) is 15.8. The van der Waals surface area contributed by atoms with Crippen LogP contribution in [0, 0.1) is 0 Å². The summed E-state index contributed by atoms with van der Waals surface area (Å²) < 4.78 is 43.7. The molecular formula is C22H18F3N3O2. The van der Waals surface area contributed by atoms with Gasteiger partial charge >= 0.3 is 6.18 Å². The number of anilines is 1. The number of aldehydes is 1. The summed E-state index contributed by atoms with van der Waals surface area (Å²) >= 11 is 0. The van der Waals surface area contributed by atoms with Gasteiger partial charge in [-0.25, -0.2) is 4.98 Å². The summed E-state index contributed by atoms with van der Waals surface area (Å²) in [6, 6.07) is 13.5. The van der Waals surface area contributed by atoms with E-state index in [-0.39, 0.29) is 12.0 Å². The Hall–Kier alpha value is -3.42. The molecule has 0 aliphatic carbocycles. The van der Waals surface area contributed by atoms with Crippen molar-refractivity contribution in [1.29, 1.82) is 0 Å². The van der Waals surface area contributed by atoms with Gasteiger partial charge in [0.1, 0.15) is 6.10 Å². The van der Waals surface area contributed by atoms with E-state index in [1.54, 1.807) is 12.3 Å². The Morgan fingerprint density at radius 3 is 2.53 bits per heavy atom. The van der Waals surface area contributed by atoms with E-state index >= 15 is 0 Å². The standard InChI is InChI=1S/C22H18F3N3O2/c23-22(24,25)17-6-7-21(27-11-17)30-18-8-9-28(13-18)20-12-26-19(10-16(20)14-29)15-4-2-1-3-5-15/h1-7,10-12,14,18H,8-9,13H2. The predicted molar refractivity (Wildman–Crippen MR) is 106 cm³/mol. The summed E-state index contributed by atoms with van der Waals surface area (Å²) in [5.41, 5.74) is 2.04. The second kappa shape index (κ2) is 8.14. The number of halogens is 3. The van der Waals surface area contributed by atoms with Gasteiger partial charge in [-0.1, -0.05) is 30.3 Å². The Kier molecular flexibility index (Phi) is 5.39. The van der Waals surface area contributed by atoms with E-state index in [4.69, 9.17) is 4.74 Å². The summed E-state index contributed by atoms with van der Waals surface area (Å²) in [4.78, 5) is 21.9. The van der Waals surface area contributed by atoms with Crippen LogP contribution in [0.3, 0.4) is 0 Å². The number of carbonyl (C=O) groups is 1. The Labute approximate surface area is 171 Å². The molecule has 0 bridgehead atoms. The molecule has 8 heteroatoms. The van der Waals surface area contributed by atoms with Crippen LogP contribution < -0.4 is 9.64 Å². The van der Waals surface area contributed by atoms with Crippen LogP contribution in [-0.2, 0) is 6.18 Å². The van der Waals surface area contributed by atoms with Crippen LogP contribution in [0.15, 0.2) is 60.9 Å². The number of rotatable bonds is 5. The molecule has 4 rings (SSSR count). The van der Waals surface area contributed by atoms with E-state index in [2.05, 4.69) is 9.97 Å². The average molecular weight is 413 g/mol. The largest absolute Gasteiger partial charge is 0.472 e. The third-order valence-electron chi connectivity index (χ3n) is 4.95. The number of ether oxygens (including phenoxy) is 1. The Balaban J connectivity index is 1.46. The molecule has 1 saturated heterocycles. The van der Waals surface area contributed by atoms with Crippen molar-refractivity contribution >= 4 is 12.0 Å². The van der Waals surface area contributed by atoms with Crippen LogP contribution in [0.1, 0.15) is 22.3 Å². The van der Waals surface area contributed by atoms with Crippen molar-refractivity contribution in [1.82, 2.24) is 9.97 Å². The Morgan fingerprint density at radius 1 is 1.07 bits per heavy atom. The van der Waals surface area contributed by atoms with Gasteiger partial charge in [-0.05, 0) is 12.1 Å². The summed E-state index contributed by atoms with van der Waals surface area (Å²) in [5.74, 6) is 0.142. The fourth-order valence-corrected chi connectivity index (χ4v) is 3.42. The molecule has 154 valence electrons. The molecule has 5 nitrogen and oxygen atoms in total. The maximum Gasteiger partial charge on any atom is 0.417 e. The minimum absolute atomic E-state index is 0.142. The Morgan fingerprint density at radius 2 is 1.87 bits per heavy atom. The fraction of sp³-hybridized carbons (Fsp3) is 0.227. The first-order valence-electron chi connectivity index (χ1n) is 9.39. The zero-order valence-electron chi connectivity index (χ0n) is 15.8. The monoisotopic (exact) mass is 413 g/mol. The van der Waals surface area contributed by atoms with E-state index < -0.39 is 11.7 Å². The molecule has 1 atom stereocenters. The van der Waals surface area contributed by atoms with Gasteiger partial charge in [0.05, 0.1) is 29.7 Å². The highest BCUT2D eigenvalue weighted by Gasteiger charge is 2.31. The molecule has 1 aromatic carbocycles. The number of alkyl halides is 3. The first kappa shape index (κ1) is 19.9. The van der Waals surface area contributed by atoms with Crippen molar-refractivity contribution in [2.24, 2.45) is 0 Å². The van der Waals surface area contributed by atoms with Gasteiger partial charge in [0.15, 0.2) is 6.29 Å². The van der Waals surface area contributed by atoms with Crippen molar-refractivity contribution in [3.8, 4) is 17.1 Å². The predicted octanol–water partition coefficient (Wildman–Crippen LogP) is 4.63. The first-order valence-corrected chi connectivity index (χ1v) is 9.39. The number of benzene rings is 1. The molecule has 30 heavy (non-hydrogen) atoms. The maximum absolute atomic E-state index is 12.6. The molecule has 0 saturated carbocycles. The lowest BCUT2D eigenvalue weighted by atomic mass is 10.1. The maximum atomic E-state index is 12.6. The van der Waals surface area contributed by atoms with E-state index in [0.717, 1.165) is 24.1 Å². The van der Waals surface area contributed by atoms with Gasteiger partial charge in [0.25, 0.3) is 0 Å². The van der Waals surface area contributed by atoms with Gasteiger partial charge in [-0.2, -0.15) is 13.2 Å². The highest BCUT2D eigenvalue weighted by atomic mass is 19.4. The lowest BCUT2D eigenvalue weighted by molar-refractivity contribution is -0.137. The Bertz CT molecular complexity index is 1020. The molecule has 3 aromatic rings. The fourth-order valence-electron chi connectivity index (χ4n) is 3.42. The number of aromatic nitrogens is 2. The second-order valence-electron chi connectivity index (χ2n) is 6.97.